The molecule has 0 unspecified atom stereocenters. The first-order valence-corrected chi connectivity index (χ1v) is 7.12. The molecule has 0 aliphatic rings. The Morgan fingerprint density at radius 1 is 1.27 bits per heavy atom. The van der Waals surface area contributed by atoms with Crippen molar-refractivity contribution < 1.29 is 19.4 Å². The average Bonchev–Trinajstić information content (AvgIpc) is 2.97. The van der Waals surface area contributed by atoms with Crippen LogP contribution in [0, 0.1) is 0 Å². The number of nitrogens with zero attached hydrogens (tertiary/aromatic N) is 3. The summed E-state index contributed by atoms with van der Waals surface area (Å²) in [4.78, 5) is 11.4. The lowest BCUT2D eigenvalue weighted by molar-refractivity contribution is -0.153. The molecule has 1 N–H and O–H groups in total. The second-order valence-corrected chi connectivity index (χ2v) is 4.55. The normalized spacial score (nSPS) is 12.0. The number of esters is 1. The molecule has 0 fully saturated rings. The van der Waals surface area contributed by atoms with Gasteiger partial charge in [-0.25, -0.2) is 9.48 Å². The summed E-state index contributed by atoms with van der Waals surface area (Å²) >= 11 is 0. The van der Waals surface area contributed by atoms with Gasteiger partial charge in [-0.3, -0.25) is 0 Å². The van der Waals surface area contributed by atoms with Gasteiger partial charge in [0.1, 0.15) is 11.4 Å². The van der Waals surface area contributed by atoms with Gasteiger partial charge in [-0.2, -0.15) is 0 Å². The number of hydrogen-bond donors (Lipinski definition) is 1. The van der Waals surface area contributed by atoms with Crippen LogP contribution in [0.4, 0.5) is 0 Å². The first kappa shape index (κ1) is 16.0. The minimum atomic E-state index is -1.25. The maximum atomic E-state index is 11.4. The van der Waals surface area contributed by atoms with Crippen molar-refractivity contribution in [3.05, 3.63) is 30.5 Å². The third-order valence-electron chi connectivity index (χ3n) is 2.92. The number of aliphatic hydroxyl groups excluding tert-OH is 1. The van der Waals surface area contributed by atoms with Crippen LogP contribution >= 0.6 is 0 Å². The third-order valence-corrected chi connectivity index (χ3v) is 2.92. The SMILES string of the molecule is CCOC(=O)[C@@H](O)Cn1cc(-c2ccc(OCC)cc2)nn1. The van der Waals surface area contributed by atoms with Crippen LogP contribution in [0.3, 0.4) is 0 Å². The number of benzene rings is 1. The summed E-state index contributed by atoms with van der Waals surface area (Å²) < 4.78 is 11.5. The van der Waals surface area contributed by atoms with Crippen molar-refractivity contribution >= 4 is 5.97 Å². The predicted molar refractivity (Wildman–Crippen MR) is 79.3 cm³/mol. The smallest absolute Gasteiger partial charge is 0.336 e. The van der Waals surface area contributed by atoms with Gasteiger partial charge in [0, 0.05) is 5.56 Å². The Balaban J connectivity index is 2.03. The standard InChI is InChI=1S/C15H19N3O4/c1-3-21-12-7-5-11(6-8-12)13-9-18(17-16-13)10-14(19)15(20)22-4-2/h5-9,14,19H,3-4,10H2,1-2H3/t14-/m0/s1. The average molecular weight is 305 g/mol. The van der Waals surface area contributed by atoms with E-state index in [0.717, 1.165) is 11.3 Å². The molecule has 2 aromatic rings. The Labute approximate surface area is 128 Å². The number of aromatic nitrogens is 3. The Hall–Kier alpha value is -2.41. The monoisotopic (exact) mass is 305 g/mol. The fourth-order valence-electron chi connectivity index (χ4n) is 1.90. The van der Waals surface area contributed by atoms with Gasteiger partial charge in [-0.1, -0.05) is 5.21 Å². The minimum absolute atomic E-state index is 0.00284. The minimum Gasteiger partial charge on any atom is -0.494 e. The van der Waals surface area contributed by atoms with E-state index in [9.17, 15) is 9.90 Å². The summed E-state index contributed by atoms with van der Waals surface area (Å²) in [6.07, 6.45) is 0.410. The van der Waals surface area contributed by atoms with Crippen molar-refractivity contribution in [2.24, 2.45) is 0 Å². The van der Waals surface area contributed by atoms with Crippen molar-refractivity contribution in [1.29, 1.82) is 0 Å². The fourth-order valence-corrected chi connectivity index (χ4v) is 1.90. The summed E-state index contributed by atoms with van der Waals surface area (Å²) in [6, 6.07) is 7.46. The van der Waals surface area contributed by atoms with Crippen molar-refractivity contribution in [3.8, 4) is 17.0 Å². The van der Waals surface area contributed by atoms with Crippen LogP contribution in [-0.2, 0) is 16.1 Å². The molecule has 0 saturated heterocycles. The molecule has 0 aliphatic carbocycles. The molecule has 1 heterocycles. The van der Waals surface area contributed by atoms with Crippen LogP contribution in [-0.4, -0.2) is 45.4 Å². The molecule has 118 valence electrons. The van der Waals surface area contributed by atoms with Crippen LogP contribution in [0.5, 0.6) is 5.75 Å². The Morgan fingerprint density at radius 2 is 2.00 bits per heavy atom. The summed E-state index contributed by atoms with van der Waals surface area (Å²) in [7, 11) is 0. The Morgan fingerprint density at radius 3 is 2.64 bits per heavy atom. The number of hydrogen-bond acceptors (Lipinski definition) is 6. The molecule has 0 bridgehead atoms. The van der Waals surface area contributed by atoms with Crippen LogP contribution < -0.4 is 4.74 Å². The van der Waals surface area contributed by atoms with Crippen LogP contribution in [0.15, 0.2) is 30.5 Å². The van der Waals surface area contributed by atoms with Crippen LogP contribution in [0.2, 0.25) is 0 Å². The highest BCUT2D eigenvalue weighted by Crippen LogP contribution is 2.20. The molecule has 1 aromatic carbocycles. The zero-order chi connectivity index (χ0) is 15.9. The molecule has 2 rings (SSSR count). The van der Waals surface area contributed by atoms with Crippen LogP contribution in [0.1, 0.15) is 13.8 Å². The molecule has 0 spiro atoms. The predicted octanol–water partition coefficient (Wildman–Crippen LogP) is 1.27. The molecule has 0 aliphatic heterocycles. The van der Waals surface area contributed by atoms with Gasteiger partial charge < -0.3 is 14.6 Å². The number of carbonyl (C=O) groups excluding carboxylic acids is 1. The summed E-state index contributed by atoms with van der Waals surface area (Å²) in [5.41, 5.74) is 1.53. The number of ether oxygens (including phenoxy) is 2. The van der Waals surface area contributed by atoms with E-state index < -0.39 is 12.1 Å². The second-order valence-electron chi connectivity index (χ2n) is 4.55. The van der Waals surface area contributed by atoms with E-state index in [0.29, 0.717) is 12.3 Å². The molecule has 1 atom stereocenters. The number of carbonyl (C=O) groups is 1. The van der Waals surface area contributed by atoms with Gasteiger partial charge in [0.15, 0.2) is 6.10 Å². The van der Waals surface area contributed by atoms with Crippen LogP contribution in [0.25, 0.3) is 11.3 Å². The van der Waals surface area contributed by atoms with E-state index in [2.05, 4.69) is 10.3 Å². The van der Waals surface area contributed by atoms with Gasteiger partial charge in [0.2, 0.25) is 0 Å². The quantitative estimate of drug-likeness (QED) is 0.775. The zero-order valence-corrected chi connectivity index (χ0v) is 12.6. The van der Waals surface area contributed by atoms with E-state index in [1.807, 2.05) is 31.2 Å². The molecule has 0 radical (unpaired) electrons. The molecular weight excluding hydrogens is 286 g/mol. The summed E-state index contributed by atoms with van der Waals surface area (Å²) in [6.45, 7) is 4.45. The van der Waals surface area contributed by atoms with E-state index >= 15 is 0 Å². The largest absolute Gasteiger partial charge is 0.494 e. The first-order valence-electron chi connectivity index (χ1n) is 7.12. The van der Waals surface area contributed by atoms with Crippen molar-refractivity contribution in [2.45, 2.75) is 26.5 Å². The maximum absolute atomic E-state index is 11.4. The van der Waals surface area contributed by atoms with E-state index in [-0.39, 0.29) is 13.2 Å². The van der Waals surface area contributed by atoms with Gasteiger partial charge in [0.05, 0.1) is 26.0 Å². The zero-order valence-electron chi connectivity index (χ0n) is 12.6. The molecule has 7 heteroatoms. The molecule has 0 amide bonds. The molecule has 7 nitrogen and oxygen atoms in total. The molecule has 0 saturated carbocycles. The van der Waals surface area contributed by atoms with Gasteiger partial charge >= 0.3 is 5.97 Å². The lowest BCUT2D eigenvalue weighted by atomic mass is 10.1. The van der Waals surface area contributed by atoms with Crippen molar-refractivity contribution in [2.75, 3.05) is 13.2 Å². The van der Waals surface area contributed by atoms with E-state index in [4.69, 9.17) is 9.47 Å². The highest BCUT2D eigenvalue weighted by Gasteiger charge is 2.17. The highest BCUT2D eigenvalue weighted by atomic mass is 16.5. The molecule has 1 aromatic heterocycles. The lowest BCUT2D eigenvalue weighted by Gasteiger charge is -2.08. The maximum Gasteiger partial charge on any atom is 0.336 e. The number of rotatable bonds is 7. The van der Waals surface area contributed by atoms with Gasteiger partial charge in [-0.05, 0) is 38.1 Å². The fraction of sp³-hybridized carbons (Fsp3) is 0.400. The second kappa shape index (κ2) is 7.56. The highest BCUT2D eigenvalue weighted by molar-refractivity contribution is 5.74. The van der Waals surface area contributed by atoms with Crippen molar-refractivity contribution in [3.63, 3.8) is 0 Å². The molecule has 22 heavy (non-hydrogen) atoms. The van der Waals surface area contributed by atoms with E-state index in [1.54, 1.807) is 13.1 Å². The summed E-state index contributed by atoms with van der Waals surface area (Å²) in [5, 5.41) is 17.6. The lowest BCUT2D eigenvalue weighted by Crippen LogP contribution is -2.28. The van der Waals surface area contributed by atoms with Gasteiger partial charge in [-0.15, -0.1) is 5.10 Å². The first-order chi connectivity index (χ1) is 10.6. The number of aliphatic hydroxyl groups is 1. The molecular formula is C15H19N3O4. The van der Waals surface area contributed by atoms with Crippen molar-refractivity contribution in [1.82, 2.24) is 15.0 Å². The van der Waals surface area contributed by atoms with E-state index in [1.165, 1.54) is 4.68 Å². The third kappa shape index (κ3) is 4.05. The summed E-state index contributed by atoms with van der Waals surface area (Å²) in [5.74, 6) is 0.122. The Kier molecular flexibility index (Phi) is 5.48. The Bertz CT molecular complexity index is 610. The van der Waals surface area contributed by atoms with Gasteiger partial charge in [0.25, 0.3) is 0 Å². The topological polar surface area (TPSA) is 86.5 Å².